The third-order valence-corrected chi connectivity index (χ3v) is 4.70. The first-order chi connectivity index (χ1) is 9.54. The van der Waals surface area contributed by atoms with Crippen LogP contribution in [0.25, 0.3) is 10.2 Å². The van der Waals surface area contributed by atoms with E-state index in [0.717, 1.165) is 21.1 Å². The molecule has 3 heterocycles. The summed E-state index contributed by atoms with van der Waals surface area (Å²) in [6.07, 6.45) is 1.59. The molecule has 0 fully saturated rings. The summed E-state index contributed by atoms with van der Waals surface area (Å²) in [6, 6.07) is 2.00. The van der Waals surface area contributed by atoms with Crippen molar-refractivity contribution in [3.63, 3.8) is 0 Å². The maximum absolute atomic E-state index is 5.28. The fourth-order valence-electron chi connectivity index (χ4n) is 1.62. The number of hydrogen-bond donors (Lipinski definition) is 0. The molecule has 0 radical (unpaired) electrons. The molecule has 3 aromatic heterocycles. The van der Waals surface area contributed by atoms with E-state index in [1.54, 1.807) is 29.4 Å². The predicted octanol–water partition coefficient (Wildman–Crippen LogP) is 3.66. The van der Waals surface area contributed by atoms with Crippen LogP contribution in [-0.4, -0.2) is 20.1 Å². The van der Waals surface area contributed by atoms with Gasteiger partial charge in [0.15, 0.2) is 5.82 Å². The Morgan fingerprint density at radius 3 is 2.90 bits per heavy atom. The lowest BCUT2D eigenvalue weighted by atomic mass is 9.96. The number of rotatable bonds is 3. The zero-order valence-electron chi connectivity index (χ0n) is 11.5. The highest BCUT2D eigenvalue weighted by atomic mass is 32.2. The van der Waals surface area contributed by atoms with Gasteiger partial charge in [0.1, 0.15) is 11.4 Å². The summed E-state index contributed by atoms with van der Waals surface area (Å²) < 4.78 is 6.39. The van der Waals surface area contributed by atoms with E-state index >= 15 is 0 Å². The first-order valence-electron chi connectivity index (χ1n) is 6.18. The molecule has 7 heteroatoms. The molecule has 0 N–H and O–H groups in total. The minimum Gasteiger partial charge on any atom is -0.338 e. The maximum atomic E-state index is 5.28. The van der Waals surface area contributed by atoms with Crippen LogP contribution in [0.3, 0.4) is 0 Å². The largest absolute Gasteiger partial charge is 0.338 e. The summed E-state index contributed by atoms with van der Waals surface area (Å²) in [5.41, 5.74) is 0.885. The molecule has 5 nitrogen and oxygen atoms in total. The molecule has 0 atom stereocenters. The predicted molar refractivity (Wildman–Crippen MR) is 80.0 cm³/mol. The van der Waals surface area contributed by atoms with Crippen LogP contribution in [0.5, 0.6) is 0 Å². The van der Waals surface area contributed by atoms with Gasteiger partial charge in [0.25, 0.3) is 0 Å². The van der Waals surface area contributed by atoms with Crippen molar-refractivity contribution in [2.24, 2.45) is 0 Å². The van der Waals surface area contributed by atoms with Crippen LogP contribution in [0.4, 0.5) is 0 Å². The van der Waals surface area contributed by atoms with Crippen LogP contribution in [0.2, 0.25) is 0 Å². The molecule has 3 rings (SSSR count). The molecule has 0 saturated heterocycles. The fraction of sp³-hybridized carbons (Fsp3) is 0.385. The van der Waals surface area contributed by atoms with E-state index in [4.69, 9.17) is 4.52 Å². The van der Waals surface area contributed by atoms with Gasteiger partial charge in [0.2, 0.25) is 5.89 Å². The van der Waals surface area contributed by atoms with E-state index in [9.17, 15) is 0 Å². The fourth-order valence-corrected chi connectivity index (χ4v) is 3.40. The Kier molecular flexibility index (Phi) is 3.47. The van der Waals surface area contributed by atoms with Crippen LogP contribution in [0.15, 0.2) is 27.3 Å². The summed E-state index contributed by atoms with van der Waals surface area (Å²) >= 11 is 3.24. The average molecular weight is 306 g/mol. The number of nitrogens with zero attached hydrogens (tertiary/aromatic N) is 4. The van der Waals surface area contributed by atoms with Gasteiger partial charge in [-0.25, -0.2) is 9.97 Å². The molecule has 0 aliphatic rings. The van der Waals surface area contributed by atoms with E-state index in [-0.39, 0.29) is 5.41 Å². The first kappa shape index (κ1) is 13.5. The minimum absolute atomic E-state index is 0.0949. The van der Waals surface area contributed by atoms with Gasteiger partial charge in [-0.3, -0.25) is 0 Å². The van der Waals surface area contributed by atoms with Crippen molar-refractivity contribution in [3.8, 4) is 0 Å². The van der Waals surface area contributed by atoms with Gasteiger partial charge in [-0.05, 0) is 11.4 Å². The topological polar surface area (TPSA) is 64.7 Å². The zero-order chi connectivity index (χ0) is 14.2. The highest BCUT2D eigenvalue weighted by molar-refractivity contribution is 7.98. The van der Waals surface area contributed by atoms with Gasteiger partial charge in [-0.1, -0.05) is 37.7 Å². The van der Waals surface area contributed by atoms with Crippen molar-refractivity contribution < 1.29 is 4.52 Å². The van der Waals surface area contributed by atoms with Crippen LogP contribution >= 0.6 is 23.1 Å². The Bertz CT molecular complexity index is 729. The second-order valence-electron chi connectivity index (χ2n) is 5.36. The standard InChI is InChI=1S/C13H14N4OS2/c1-13(2,3)12-16-9(18-17-12)6-20-11-10-8(4-5-19-10)14-7-15-11/h4-5,7H,6H2,1-3H3. The summed E-state index contributed by atoms with van der Waals surface area (Å²) in [7, 11) is 0. The molecule has 0 bridgehead atoms. The lowest BCUT2D eigenvalue weighted by Crippen LogP contribution is -2.13. The van der Waals surface area contributed by atoms with Gasteiger partial charge in [0.05, 0.1) is 16.0 Å². The second-order valence-corrected chi connectivity index (χ2v) is 7.24. The normalized spacial score (nSPS) is 12.2. The SMILES string of the molecule is CC(C)(C)c1noc(CSc2ncnc3ccsc23)n1. The number of fused-ring (bicyclic) bond motifs is 1. The highest BCUT2D eigenvalue weighted by Crippen LogP contribution is 2.30. The molecule has 20 heavy (non-hydrogen) atoms. The Morgan fingerprint density at radius 1 is 1.30 bits per heavy atom. The van der Waals surface area contributed by atoms with Crippen molar-refractivity contribution in [1.29, 1.82) is 0 Å². The number of thioether (sulfide) groups is 1. The Morgan fingerprint density at radius 2 is 2.15 bits per heavy atom. The number of aromatic nitrogens is 4. The van der Waals surface area contributed by atoms with Crippen molar-refractivity contribution in [2.45, 2.75) is 37.0 Å². The molecule has 0 aromatic carbocycles. The molecule has 0 aliphatic heterocycles. The Balaban J connectivity index is 1.76. The quantitative estimate of drug-likeness (QED) is 0.543. The monoisotopic (exact) mass is 306 g/mol. The van der Waals surface area contributed by atoms with E-state index in [0.29, 0.717) is 11.6 Å². The molecule has 0 aliphatic carbocycles. The van der Waals surface area contributed by atoms with Gasteiger partial charge in [0, 0.05) is 5.41 Å². The van der Waals surface area contributed by atoms with E-state index in [1.165, 1.54) is 0 Å². The number of hydrogen-bond acceptors (Lipinski definition) is 7. The van der Waals surface area contributed by atoms with Crippen LogP contribution in [0, 0.1) is 0 Å². The third-order valence-electron chi connectivity index (χ3n) is 2.68. The summed E-state index contributed by atoms with van der Waals surface area (Å²) in [4.78, 5) is 13.0. The van der Waals surface area contributed by atoms with Crippen LogP contribution in [-0.2, 0) is 11.2 Å². The van der Waals surface area contributed by atoms with Crippen LogP contribution < -0.4 is 0 Å². The summed E-state index contributed by atoms with van der Waals surface area (Å²) in [5, 5.41) is 7.00. The Hall–Kier alpha value is -1.47. The second kappa shape index (κ2) is 5.14. The minimum atomic E-state index is -0.0949. The lowest BCUT2D eigenvalue weighted by molar-refractivity contribution is 0.373. The maximum Gasteiger partial charge on any atom is 0.237 e. The van der Waals surface area contributed by atoms with Crippen molar-refractivity contribution in [2.75, 3.05) is 0 Å². The van der Waals surface area contributed by atoms with Gasteiger partial charge >= 0.3 is 0 Å². The molecule has 0 spiro atoms. The van der Waals surface area contributed by atoms with Crippen LogP contribution in [0.1, 0.15) is 32.5 Å². The Labute approximate surface area is 124 Å². The summed E-state index contributed by atoms with van der Waals surface area (Å²) in [6.45, 7) is 6.19. The van der Waals surface area contributed by atoms with Gasteiger partial charge in [-0.2, -0.15) is 4.98 Å². The van der Waals surface area contributed by atoms with Crippen molar-refractivity contribution >= 4 is 33.3 Å². The van der Waals surface area contributed by atoms with Crippen molar-refractivity contribution in [1.82, 2.24) is 20.1 Å². The lowest BCUT2D eigenvalue weighted by Gasteiger charge is -2.10. The molecule has 3 aromatic rings. The third kappa shape index (κ3) is 2.69. The highest BCUT2D eigenvalue weighted by Gasteiger charge is 2.21. The smallest absolute Gasteiger partial charge is 0.237 e. The van der Waals surface area contributed by atoms with E-state index in [2.05, 4.69) is 40.9 Å². The average Bonchev–Trinajstić information content (AvgIpc) is 3.04. The molecule has 0 saturated carbocycles. The zero-order valence-corrected chi connectivity index (χ0v) is 13.1. The molecule has 0 unspecified atom stereocenters. The molecular weight excluding hydrogens is 292 g/mol. The molecule has 104 valence electrons. The molecular formula is C13H14N4OS2. The molecule has 0 amide bonds. The summed E-state index contributed by atoms with van der Waals surface area (Å²) in [5.74, 6) is 1.98. The van der Waals surface area contributed by atoms with E-state index < -0.39 is 0 Å². The first-order valence-corrected chi connectivity index (χ1v) is 8.04. The van der Waals surface area contributed by atoms with Crippen molar-refractivity contribution in [3.05, 3.63) is 29.5 Å². The number of thiophene rings is 1. The van der Waals surface area contributed by atoms with Gasteiger partial charge < -0.3 is 4.52 Å². The van der Waals surface area contributed by atoms with Gasteiger partial charge in [-0.15, -0.1) is 11.3 Å². The van der Waals surface area contributed by atoms with E-state index in [1.807, 2.05) is 11.4 Å².